The van der Waals surface area contributed by atoms with Crippen LogP contribution < -0.4 is 5.73 Å². The van der Waals surface area contributed by atoms with Crippen LogP contribution in [0.25, 0.3) is 11.5 Å². The molecule has 1 fully saturated rings. The van der Waals surface area contributed by atoms with Crippen LogP contribution in [0.2, 0.25) is 0 Å². The van der Waals surface area contributed by atoms with E-state index in [1.165, 1.54) is 24.0 Å². The summed E-state index contributed by atoms with van der Waals surface area (Å²) in [4.78, 5) is 27.9. The highest BCUT2D eigenvalue weighted by Crippen LogP contribution is 2.38. The van der Waals surface area contributed by atoms with Crippen molar-refractivity contribution >= 4 is 39.8 Å². The van der Waals surface area contributed by atoms with Crippen molar-refractivity contribution in [1.29, 1.82) is 0 Å². The third kappa shape index (κ3) is 5.71. The Morgan fingerprint density at radius 1 is 1.20 bits per heavy atom. The van der Waals surface area contributed by atoms with Gasteiger partial charge in [-0.2, -0.15) is 0 Å². The molecule has 4 aliphatic rings. The van der Waals surface area contributed by atoms with E-state index in [-0.39, 0.29) is 0 Å². The summed E-state index contributed by atoms with van der Waals surface area (Å²) < 4.78 is 3.15. The van der Waals surface area contributed by atoms with E-state index in [1.54, 1.807) is 18.1 Å². The van der Waals surface area contributed by atoms with Crippen molar-refractivity contribution in [2.24, 2.45) is 5.92 Å². The van der Waals surface area contributed by atoms with Crippen molar-refractivity contribution < 1.29 is 9.90 Å². The molecule has 1 unspecified atom stereocenters. The van der Waals surface area contributed by atoms with Gasteiger partial charge >= 0.3 is 0 Å². The van der Waals surface area contributed by atoms with Crippen LogP contribution >= 0.6 is 27.7 Å². The molecule has 0 bridgehead atoms. The van der Waals surface area contributed by atoms with E-state index in [4.69, 9.17) is 15.7 Å². The second-order valence-electron chi connectivity index (χ2n) is 9.60. The Hall–Kier alpha value is -2.01. The molecule has 10 heteroatoms. The number of aldehydes is 1. The molecule has 186 valence electrons. The molecule has 0 amide bonds. The molecule has 1 aliphatic carbocycles. The van der Waals surface area contributed by atoms with Crippen LogP contribution in [0.15, 0.2) is 33.0 Å². The highest BCUT2D eigenvalue weighted by molar-refractivity contribution is 9.10. The number of carbonyl (C=O) groups is 1. The number of benzene rings is 1. The number of anilines is 1. The molecule has 35 heavy (non-hydrogen) atoms. The predicted octanol–water partition coefficient (Wildman–Crippen LogP) is 3.81. The van der Waals surface area contributed by atoms with Gasteiger partial charge in [-0.15, -0.1) is 0 Å². The summed E-state index contributed by atoms with van der Waals surface area (Å²) in [5, 5.41) is 10.3. The highest BCUT2D eigenvalue weighted by Gasteiger charge is 2.24. The number of carbonyl (C=O) groups excluding carboxylic acids is 1. The standard InChI is InChI=1S/C25H31BrN6O2S/c26-20-11-17-3-1-2-4-18(17)12-21(20)35-25-29-22-23(27)28-15-32(24(22)30-25)10-7-16-5-8-31(9-6-16)13-19(34)14-33/h11-12,14-16,19,34H,1-10,13,27H2. The maximum absolute atomic E-state index is 10.7. The smallest absolute Gasteiger partial charge is 0.195 e. The van der Waals surface area contributed by atoms with Gasteiger partial charge in [0.2, 0.25) is 0 Å². The van der Waals surface area contributed by atoms with Crippen LogP contribution in [0.1, 0.15) is 43.2 Å². The minimum Gasteiger partial charge on any atom is -0.384 e. The van der Waals surface area contributed by atoms with Crippen molar-refractivity contribution in [2.75, 3.05) is 25.4 Å². The fraction of sp³-hybridized carbons (Fsp3) is 0.520. The number of nitrogen functional groups attached to an aromatic ring is 1. The van der Waals surface area contributed by atoms with Crippen LogP contribution in [0.4, 0.5) is 5.82 Å². The van der Waals surface area contributed by atoms with Gasteiger partial charge in [-0.3, -0.25) is 0 Å². The van der Waals surface area contributed by atoms with Crippen LogP contribution in [0.5, 0.6) is 0 Å². The maximum Gasteiger partial charge on any atom is 0.195 e. The summed E-state index contributed by atoms with van der Waals surface area (Å²) in [6.45, 7) is 3.04. The van der Waals surface area contributed by atoms with Crippen molar-refractivity contribution in [3.8, 4) is 11.5 Å². The molecule has 5 rings (SSSR count). The number of nitrogens with zero attached hydrogens (tertiary/aromatic N) is 5. The van der Waals surface area contributed by atoms with Crippen molar-refractivity contribution in [2.45, 2.75) is 67.6 Å². The zero-order valence-electron chi connectivity index (χ0n) is 19.7. The molecule has 1 aromatic carbocycles. The third-order valence-corrected chi connectivity index (χ3v) is 9.00. The number of likely N-dealkylation sites (tertiary alicyclic amines) is 1. The lowest BCUT2D eigenvalue weighted by molar-refractivity contribution is -0.115. The molecule has 8 nitrogen and oxygen atoms in total. The minimum atomic E-state index is -0.888. The topological polar surface area (TPSA) is 110 Å². The van der Waals surface area contributed by atoms with Gasteiger partial charge in [0.05, 0.1) is 6.33 Å². The van der Waals surface area contributed by atoms with Crippen LogP contribution in [-0.4, -0.2) is 61.5 Å². The summed E-state index contributed by atoms with van der Waals surface area (Å²) in [6, 6.07) is 4.53. The van der Waals surface area contributed by atoms with E-state index in [0.717, 1.165) is 66.9 Å². The monoisotopic (exact) mass is 558 g/mol. The summed E-state index contributed by atoms with van der Waals surface area (Å²) in [5.41, 5.74) is 9.69. The molecule has 0 saturated carbocycles. The first kappa shape index (κ1) is 24.7. The normalized spacial score (nSPS) is 18.0. The zero-order chi connectivity index (χ0) is 24.4. The van der Waals surface area contributed by atoms with Gasteiger partial charge in [0.15, 0.2) is 22.5 Å². The number of hydrogen-bond acceptors (Lipinski definition) is 8. The van der Waals surface area contributed by atoms with E-state index in [2.05, 4.69) is 42.5 Å². The fourth-order valence-corrected chi connectivity index (χ4v) is 6.60. The number of aryl methyl sites for hydroxylation is 3. The lowest BCUT2D eigenvalue weighted by Crippen LogP contribution is -2.39. The summed E-state index contributed by atoms with van der Waals surface area (Å²) >= 11 is 5.31. The maximum atomic E-state index is 10.7. The molecule has 1 atom stereocenters. The molecule has 1 aromatic rings. The zero-order valence-corrected chi connectivity index (χ0v) is 22.1. The number of aromatic nitrogens is 4. The Morgan fingerprint density at radius 2 is 1.94 bits per heavy atom. The Labute approximate surface area is 218 Å². The van der Waals surface area contributed by atoms with Gasteiger partial charge < -0.3 is 25.1 Å². The molecule has 1 saturated heterocycles. The number of imidazole rings is 1. The van der Waals surface area contributed by atoms with E-state index >= 15 is 0 Å². The van der Waals surface area contributed by atoms with Crippen molar-refractivity contribution in [3.63, 3.8) is 0 Å². The Bertz CT molecular complexity index is 1160. The summed E-state index contributed by atoms with van der Waals surface area (Å²) in [7, 11) is 0. The highest BCUT2D eigenvalue weighted by atomic mass is 79.9. The fourth-order valence-electron chi connectivity index (χ4n) is 5.14. The lowest BCUT2D eigenvalue weighted by Gasteiger charge is -2.32. The molecule has 0 aromatic heterocycles. The van der Waals surface area contributed by atoms with Gasteiger partial charge in [-0.05, 0) is 115 Å². The van der Waals surface area contributed by atoms with Crippen molar-refractivity contribution in [1.82, 2.24) is 24.4 Å². The van der Waals surface area contributed by atoms with Crippen LogP contribution in [-0.2, 0) is 24.2 Å². The van der Waals surface area contributed by atoms with Gasteiger partial charge in [0.1, 0.15) is 12.4 Å². The first-order valence-corrected chi connectivity index (χ1v) is 13.9. The van der Waals surface area contributed by atoms with E-state index in [1.807, 2.05) is 0 Å². The predicted molar refractivity (Wildman–Crippen MR) is 140 cm³/mol. The Kier molecular flexibility index (Phi) is 7.71. The molecular formula is C25H31BrN6O2S. The molecule has 3 heterocycles. The lowest BCUT2D eigenvalue weighted by atomic mass is 9.92. The average molecular weight is 560 g/mol. The van der Waals surface area contributed by atoms with Gasteiger partial charge in [0, 0.05) is 22.5 Å². The third-order valence-electron chi connectivity index (χ3n) is 7.16. The van der Waals surface area contributed by atoms with E-state index in [0.29, 0.717) is 35.4 Å². The number of aliphatic hydroxyl groups is 1. The first-order chi connectivity index (χ1) is 17.0. The average Bonchev–Trinajstić information content (AvgIpc) is 3.30. The van der Waals surface area contributed by atoms with Crippen LogP contribution in [0, 0.1) is 5.92 Å². The van der Waals surface area contributed by atoms with Gasteiger partial charge in [-0.1, -0.05) is 0 Å². The second-order valence-corrected chi connectivity index (χ2v) is 11.5. The Morgan fingerprint density at radius 3 is 2.69 bits per heavy atom. The largest absolute Gasteiger partial charge is 0.384 e. The molecule has 3 aliphatic heterocycles. The molecular weight excluding hydrogens is 528 g/mol. The SMILES string of the molecule is Nc1ncn(CCC2CCN(CC(O)C=O)CC2)c2nc(Sc3cc4c(cc3Br)CCCC4)nc1-2. The number of piperidine rings is 1. The number of nitrogens with two attached hydrogens (primary N) is 1. The Balaban J connectivity index is 1.26. The van der Waals surface area contributed by atoms with E-state index in [9.17, 15) is 9.90 Å². The summed E-state index contributed by atoms with van der Waals surface area (Å²) in [6.07, 6.45) is 9.41. The number of aliphatic hydroxyl groups excluding tert-OH is 1. The number of rotatable bonds is 8. The van der Waals surface area contributed by atoms with Crippen molar-refractivity contribution in [3.05, 3.63) is 34.1 Å². The quantitative estimate of drug-likeness (QED) is 0.401. The number of fused-ring (bicyclic) bond motifs is 2. The first-order valence-electron chi connectivity index (χ1n) is 12.3. The summed E-state index contributed by atoms with van der Waals surface area (Å²) in [5.74, 6) is 1.77. The molecule has 3 N–H and O–H groups in total. The number of hydrogen-bond donors (Lipinski definition) is 2. The van der Waals surface area contributed by atoms with Crippen LogP contribution in [0.3, 0.4) is 0 Å². The van der Waals surface area contributed by atoms with Gasteiger partial charge in [0.25, 0.3) is 0 Å². The molecule has 0 spiro atoms. The number of halogens is 1. The minimum absolute atomic E-state index is 0.405. The van der Waals surface area contributed by atoms with Gasteiger partial charge in [-0.25, -0.2) is 15.0 Å². The number of β-amino-alcohol motifs (C(OH)–C–C–N with tert-alkyl or cyclic N) is 1. The second kappa shape index (κ2) is 10.9. The molecule has 0 radical (unpaired) electrons. The van der Waals surface area contributed by atoms with E-state index < -0.39 is 6.10 Å².